The molecule has 9 heteroatoms. The highest BCUT2D eigenvalue weighted by atomic mass is 16.2. The van der Waals surface area contributed by atoms with Gasteiger partial charge < -0.3 is 15.5 Å². The second-order valence-electron chi connectivity index (χ2n) is 8.79. The number of aryl methyl sites for hydroxylation is 1. The second-order valence-corrected chi connectivity index (χ2v) is 8.79. The van der Waals surface area contributed by atoms with E-state index in [1.807, 2.05) is 21.7 Å². The van der Waals surface area contributed by atoms with Crippen LogP contribution in [-0.2, 0) is 0 Å². The summed E-state index contributed by atoms with van der Waals surface area (Å²) < 4.78 is 1.84. The van der Waals surface area contributed by atoms with Gasteiger partial charge in [-0.15, -0.1) is 0 Å². The minimum atomic E-state index is -0.143. The first-order valence-electron chi connectivity index (χ1n) is 11.0. The number of fused-ring (bicyclic) bond motifs is 1. The molecule has 3 aromatic rings. The molecule has 0 saturated carbocycles. The van der Waals surface area contributed by atoms with E-state index in [0.717, 1.165) is 55.1 Å². The predicted octanol–water partition coefficient (Wildman–Crippen LogP) is 2.62. The first kappa shape index (κ1) is 19.7. The molecule has 2 atom stereocenters. The summed E-state index contributed by atoms with van der Waals surface area (Å²) in [6.07, 6.45) is 8.95. The van der Waals surface area contributed by atoms with Crippen LogP contribution in [0.4, 0.5) is 11.6 Å². The summed E-state index contributed by atoms with van der Waals surface area (Å²) in [6.45, 7) is 7.11. The lowest BCUT2D eigenvalue weighted by atomic mass is 9.98. The van der Waals surface area contributed by atoms with Crippen LogP contribution in [0.25, 0.3) is 5.65 Å². The third-order valence-corrected chi connectivity index (χ3v) is 6.43. The number of anilines is 2. The number of likely N-dealkylation sites (tertiary alicyclic amines) is 1. The molecule has 2 saturated heterocycles. The van der Waals surface area contributed by atoms with E-state index in [2.05, 4.69) is 28.7 Å². The fourth-order valence-electron chi connectivity index (χ4n) is 4.77. The van der Waals surface area contributed by atoms with Crippen molar-refractivity contribution < 1.29 is 4.79 Å². The summed E-state index contributed by atoms with van der Waals surface area (Å²) in [5, 5.41) is 4.81. The van der Waals surface area contributed by atoms with Crippen LogP contribution in [0.15, 0.2) is 24.8 Å². The number of carbonyl (C=O) groups excluding carboxylic acids is 1. The van der Waals surface area contributed by atoms with Gasteiger partial charge in [0.1, 0.15) is 23.5 Å². The molecule has 31 heavy (non-hydrogen) atoms. The molecule has 0 radical (unpaired) electrons. The third kappa shape index (κ3) is 3.58. The van der Waals surface area contributed by atoms with E-state index in [0.29, 0.717) is 18.0 Å². The standard InChI is InChI=1S/C22H28N8O/c1-14-6-8-28(11-14)21-15(2)12-30-19(26-21)9-17(27-30)18-5-3-4-7-29(18)22(31)16-10-24-13-25-20(16)23/h9-10,12-14,18H,3-8,11H2,1-2H3,(H2,23,24,25)/t14-,18-/m0/s1. The molecule has 5 rings (SSSR count). The Morgan fingerprint density at radius 1 is 1.23 bits per heavy atom. The van der Waals surface area contributed by atoms with Gasteiger partial charge in [-0.1, -0.05) is 6.92 Å². The summed E-state index contributed by atoms with van der Waals surface area (Å²) in [4.78, 5) is 30.4. The second kappa shape index (κ2) is 7.79. The zero-order chi connectivity index (χ0) is 21.5. The third-order valence-electron chi connectivity index (χ3n) is 6.43. The fourth-order valence-corrected chi connectivity index (χ4v) is 4.77. The van der Waals surface area contributed by atoms with Crippen molar-refractivity contribution >= 4 is 23.2 Å². The van der Waals surface area contributed by atoms with Gasteiger partial charge in [0.15, 0.2) is 5.65 Å². The number of hydrogen-bond acceptors (Lipinski definition) is 7. The Labute approximate surface area is 181 Å². The first-order valence-corrected chi connectivity index (χ1v) is 11.0. The first-order chi connectivity index (χ1) is 15.0. The highest BCUT2D eigenvalue weighted by molar-refractivity contribution is 5.98. The molecular weight excluding hydrogens is 392 g/mol. The average molecular weight is 421 g/mol. The summed E-state index contributed by atoms with van der Waals surface area (Å²) >= 11 is 0. The van der Waals surface area contributed by atoms with Gasteiger partial charge >= 0.3 is 0 Å². The molecule has 2 N–H and O–H groups in total. The molecule has 2 aliphatic rings. The van der Waals surface area contributed by atoms with Crippen molar-refractivity contribution in [2.75, 3.05) is 30.3 Å². The summed E-state index contributed by atoms with van der Waals surface area (Å²) in [7, 11) is 0. The Hall–Kier alpha value is -3.23. The monoisotopic (exact) mass is 420 g/mol. The van der Waals surface area contributed by atoms with Crippen LogP contribution in [0.5, 0.6) is 0 Å². The minimum absolute atomic E-state index is 0.113. The van der Waals surface area contributed by atoms with Gasteiger partial charge in [0.2, 0.25) is 0 Å². The molecule has 1 amide bonds. The lowest BCUT2D eigenvalue weighted by molar-refractivity contribution is 0.0606. The lowest BCUT2D eigenvalue weighted by Gasteiger charge is -2.34. The highest BCUT2D eigenvalue weighted by Crippen LogP contribution is 2.33. The van der Waals surface area contributed by atoms with Gasteiger partial charge in [0.05, 0.1) is 11.7 Å². The number of carbonyl (C=O) groups is 1. The Morgan fingerprint density at radius 2 is 2.10 bits per heavy atom. The van der Waals surface area contributed by atoms with Crippen LogP contribution < -0.4 is 10.6 Å². The van der Waals surface area contributed by atoms with Gasteiger partial charge in [-0.25, -0.2) is 19.5 Å². The molecule has 0 bridgehead atoms. The zero-order valence-electron chi connectivity index (χ0n) is 18.0. The molecular formula is C22H28N8O. The normalized spacial score (nSPS) is 21.7. The molecule has 5 heterocycles. The van der Waals surface area contributed by atoms with E-state index >= 15 is 0 Å². The van der Waals surface area contributed by atoms with Crippen LogP contribution in [-0.4, -0.2) is 55.0 Å². The number of hydrogen-bond donors (Lipinski definition) is 1. The van der Waals surface area contributed by atoms with Crippen molar-refractivity contribution in [3.63, 3.8) is 0 Å². The van der Waals surface area contributed by atoms with E-state index in [1.54, 1.807) is 0 Å². The molecule has 0 unspecified atom stereocenters. The van der Waals surface area contributed by atoms with Crippen LogP contribution in [0.2, 0.25) is 0 Å². The quantitative estimate of drug-likeness (QED) is 0.694. The number of piperidine rings is 1. The Balaban J connectivity index is 1.48. The molecule has 3 aromatic heterocycles. The topological polar surface area (TPSA) is 106 Å². The number of nitrogens with zero attached hydrogens (tertiary/aromatic N) is 7. The molecule has 2 aliphatic heterocycles. The Kier molecular flexibility index (Phi) is 4.95. The fraction of sp³-hybridized carbons (Fsp3) is 0.500. The number of nitrogens with two attached hydrogens (primary N) is 1. The summed E-state index contributed by atoms with van der Waals surface area (Å²) in [5.74, 6) is 1.79. The largest absolute Gasteiger partial charge is 0.383 e. The SMILES string of the molecule is Cc1cn2nc([C@@H]3CCCCN3C(=O)c3cncnc3N)cc2nc1N1CC[C@H](C)C1. The lowest BCUT2D eigenvalue weighted by Crippen LogP contribution is -2.39. The molecule has 162 valence electrons. The maximum atomic E-state index is 13.2. The van der Waals surface area contributed by atoms with E-state index in [-0.39, 0.29) is 17.8 Å². The molecule has 9 nitrogen and oxygen atoms in total. The molecule has 0 aromatic carbocycles. The van der Waals surface area contributed by atoms with Crippen LogP contribution in [0.3, 0.4) is 0 Å². The van der Waals surface area contributed by atoms with Crippen LogP contribution >= 0.6 is 0 Å². The van der Waals surface area contributed by atoms with Crippen molar-refractivity contribution in [3.8, 4) is 0 Å². The molecule has 2 fully saturated rings. The number of nitrogen functional groups attached to an aromatic ring is 1. The summed E-state index contributed by atoms with van der Waals surface area (Å²) in [5.41, 5.74) is 9.08. The van der Waals surface area contributed by atoms with Crippen molar-refractivity contribution in [1.29, 1.82) is 0 Å². The number of rotatable bonds is 3. The molecule has 0 aliphatic carbocycles. The van der Waals surface area contributed by atoms with Crippen molar-refractivity contribution in [2.24, 2.45) is 5.92 Å². The van der Waals surface area contributed by atoms with Crippen molar-refractivity contribution in [1.82, 2.24) is 29.5 Å². The van der Waals surface area contributed by atoms with E-state index in [4.69, 9.17) is 15.8 Å². The molecule has 0 spiro atoms. The smallest absolute Gasteiger partial charge is 0.259 e. The summed E-state index contributed by atoms with van der Waals surface area (Å²) in [6, 6.07) is 1.90. The maximum absolute atomic E-state index is 13.2. The highest BCUT2D eigenvalue weighted by Gasteiger charge is 2.32. The van der Waals surface area contributed by atoms with E-state index in [1.165, 1.54) is 18.9 Å². The van der Waals surface area contributed by atoms with Gasteiger partial charge in [-0.2, -0.15) is 5.10 Å². The predicted molar refractivity (Wildman–Crippen MR) is 118 cm³/mol. The van der Waals surface area contributed by atoms with E-state index < -0.39 is 0 Å². The minimum Gasteiger partial charge on any atom is -0.383 e. The van der Waals surface area contributed by atoms with E-state index in [9.17, 15) is 4.79 Å². The van der Waals surface area contributed by atoms with Gasteiger partial charge in [-0.05, 0) is 38.5 Å². The van der Waals surface area contributed by atoms with Crippen molar-refractivity contribution in [2.45, 2.75) is 45.6 Å². The van der Waals surface area contributed by atoms with Gasteiger partial charge in [-0.3, -0.25) is 4.79 Å². The zero-order valence-corrected chi connectivity index (χ0v) is 18.0. The Morgan fingerprint density at radius 3 is 2.87 bits per heavy atom. The van der Waals surface area contributed by atoms with Crippen LogP contribution in [0, 0.1) is 12.8 Å². The van der Waals surface area contributed by atoms with Crippen LogP contribution in [0.1, 0.15) is 60.3 Å². The maximum Gasteiger partial charge on any atom is 0.259 e. The average Bonchev–Trinajstić information content (AvgIpc) is 3.38. The number of amides is 1. The Bertz CT molecular complexity index is 1130. The van der Waals surface area contributed by atoms with Gasteiger partial charge in [0, 0.05) is 43.7 Å². The number of aromatic nitrogens is 5. The van der Waals surface area contributed by atoms with Crippen molar-refractivity contribution in [3.05, 3.63) is 41.6 Å². The van der Waals surface area contributed by atoms with Gasteiger partial charge in [0.25, 0.3) is 5.91 Å².